The monoisotopic (exact) mass is 428 g/mol. The van der Waals surface area contributed by atoms with Crippen LogP contribution in [0.2, 0.25) is 0 Å². The molecule has 176 valence electrons. The third kappa shape index (κ3) is 4.26. The van der Waals surface area contributed by atoms with Crippen LogP contribution in [0.3, 0.4) is 0 Å². The third-order valence-electron chi connectivity index (χ3n) is 10.8. The van der Waals surface area contributed by atoms with E-state index in [4.69, 9.17) is 4.74 Å². The van der Waals surface area contributed by atoms with Gasteiger partial charge in [-0.1, -0.05) is 53.9 Å². The third-order valence-corrected chi connectivity index (χ3v) is 10.8. The van der Waals surface area contributed by atoms with Crippen LogP contribution in [0.5, 0.6) is 0 Å². The van der Waals surface area contributed by atoms with Crippen molar-refractivity contribution >= 4 is 5.97 Å². The molecule has 0 N–H and O–H groups in total. The van der Waals surface area contributed by atoms with Crippen molar-refractivity contribution < 1.29 is 9.53 Å². The van der Waals surface area contributed by atoms with Crippen LogP contribution in [0.4, 0.5) is 0 Å². The lowest BCUT2D eigenvalue weighted by molar-refractivity contribution is -0.139. The topological polar surface area (TPSA) is 26.3 Å². The number of ether oxygens (including phenoxy) is 1. The summed E-state index contributed by atoms with van der Waals surface area (Å²) in [4.78, 5) is 11.5. The van der Waals surface area contributed by atoms with Crippen LogP contribution in [-0.2, 0) is 9.53 Å². The number of hydrogen-bond acceptors (Lipinski definition) is 2. The smallest absolute Gasteiger partial charge is 0.307 e. The fourth-order valence-corrected chi connectivity index (χ4v) is 9.14. The molecule has 0 spiro atoms. The summed E-state index contributed by atoms with van der Waals surface area (Å²) in [7, 11) is 0. The van der Waals surface area contributed by atoms with Crippen LogP contribution in [0.1, 0.15) is 112 Å². The number of carbonyl (C=O) groups excluding carboxylic acids is 1. The Morgan fingerprint density at radius 1 is 1.03 bits per heavy atom. The largest absolute Gasteiger partial charge is 0.432 e. The number of carbonyl (C=O) groups is 1. The Morgan fingerprint density at radius 2 is 1.77 bits per heavy atom. The summed E-state index contributed by atoms with van der Waals surface area (Å²) in [5.41, 5.74) is 0.990. The number of rotatable bonds is 6. The maximum atomic E-state index is 11.5. The van der Waals surface area contributed by atoms with Crippen molar-refractivity contribution in [3.63, 3.8) is 0 Å². The highest BCUT2D eigenvalue weighted by atomic mass is 16.5. The van der Waals surface area contributed by atoms with Gasteiger partial charge in [-0.3, -0.25) is 4.79 Å². The van der Waals surface area contributed by atoms with E-state index in [-0.39, 0.29) is 5.97 Å². The highest BCUT2D eigenvalue weighted by Crippen LogP contribution is 2.68. The van der Waals surface area contributed by atoms with Crippen LogP contribution in [-0.4, -0.2) is 5.97 Å². The van der Waals surface area contributed by atoms with Crippen molar-refractivity contribution in [2.45, 2.75) is 112 Å². The van der Waals surface area contributed by atoms with E-state index < -0.39 is 0 Å². The second kappa shape index (κ2) is 8.86. The summed E-state index contributed by atoms with van der Waals surface area (Å²) in [6, 6.07) is 0. The summed E-state index contributed by atoms with van der Waals surface area (Å²) < 4.78 is 5.52. The van der Waals surface area contributed by atoms with Gasteiger partial charge in [-0.05, 0) is 103 Å². The second-order valence-corrected chi connectivity index (χ2v) is 12.9. The van der Waals surface area contributed by atoms with Gasteiger partial charge in [-0.25, -0.2) is 0 Å². The Hall–Kier alpha value is -0.790. The minimum Gasteiger partial charge on any atom is -0.432 e. The van der Waals surface area contributed by atoms with E-state index in [1.165, 1.54) is 64.7 Å². The van der Waals surface area contributed by atoms with Gasteiger partial charge in [-0.2, -0.15) is 0 Å². The fourth-order valence-electron chi connectivity index (χ4n) is 9.14. The Labute approximate surface area is 192 Å². The summed E-state index contributed by atoms with van der Waals surface area (Å²) in [6.45, 7) is 14.1. The zero-order chi connectivity index (χ0) is 22.4. The standard InChI is InChI=1S/C29H48O2/c1-19(2)8-7-9-20(3)25-12-13-26-24-11-10-22-18-23(31-21(4)30)14-16-28(22,5)27(24)15-17-29(25,26)6/h14,19-20,22,24-27H,7-13,15-18H2,1-6H3/t20-,22+,24+,25+,26-,27-,28+,29+/m1/s1. The van der Waals surface area contributed by atoms with Crippen molar-refractivity contribution in [2.75, 3.05) is 0 Å². The van der Waals surface area contributed by atoms with E-state index in [2.05, 4.69) is 40.7 Å². The van der Waals surface area contributed by atoms with E-state index >= 15 is 0 Å². The minimum absolute atomic E-state index is 0.156. The second-order valence-electron chi connectivity index (χ2n) is 12.9. The average molecular weight is 429 g/mol. The summed E-state index contributed by atoms with van der Waals surface area (Å²) in [6.07, 6.45) is 17.2. The molecule has 2 heteroatoms. The van der Waals surface area contributed by atoms with Gasteiger partial charge in [0, 0.05) is 13.3 Å². The van der Waals surface area contributed by atoms with Crippen molar-refractivity contribution in [3.8, 4) is 0 Å². The molecule has 8 atom stereocenters. The molecule has 0 radical (unpaired) electrons. The van der Waals surface area contributed by atoms with Crippen molar-refractivity contribution in [3.05, 3.63) is 11.8 Å². The van der Waals surface area contributed by atoms with Crippen LogP contribution < -0.4 is 0 Å². The SMILES string of the molecule is CC(=O)OC1=CC[C@@]2(C)[C@@H](CC[C@@H]3[C@H]2CC[C@]2(C)[C@@H]3CC[C@H]2[C@H](C)CCCC(C)C)C1. The number of allylic oxidation sites excluding steroid dienone is 2. The van der Waals surface area contributed by atoms with E-state index in [1.807, 2.05) is 0 Å². The van der Waals surface area contributed by atoms with E-state index in [0.717, 1.165) is 54.1 Å². The Balaban J connectivity index is 1.46. The lowest BCUT2D eigenvalue weighted by atomic mass is 9.45. The molecule has 0 aromatic rings. The lowest BCUT2D eigenvalue weighted by Crippen LogP contribution is -2.52. The average Bonchev–Trinajstić information content (AvgIpc) is 3.05. The van der Waals surface area contributed by atoms with Crippen molar-refractivity contribution in [1.82, 2.24) is 0 Å². The van der Waals surface area contributed by atoms with Gasteiger partial charge < -0.3 is 4.74 Å². The van der Waals surface area contributed by atoms with E-state index in [0.29, 0.717) is 16.7 Å². The molecule has 0 unspecified atom stereocenters. The highest BCUT2D eigenvalue weighted by molar-refractivity contribution is 5.67. The molecule has 0 aliphatic heterocycles. The zero-order valence-electron chi connectivity index (χ0n) is 21.2. The molecule has 4 rings (SSSR count). The molecule has 4 aliphatic rings. The van der Waals surface area contributed by atoms with Gasteiger partial charge in [0.25, 0.3) is 0 Å². The zero-order valence-corrected chi connectivity index (χ0v) is 21.2. The number of esters is 1. The number of hydrogen-bond donors (Lipinski definition) is 0. The molecule has 31 heavy (non-hydrogen) atoms. The quantitative estimate of drug-likeness (QED) is 0.399. The molecule has 0 aromatic heterocycles. The molecule has 0 amide bonds. The normalized spacial score (nSPS) is 42.9. The van der Waals surface area contributed by atoms with Gasteiger partial charge in [0.05, 0.1) is 0 Å². The Bertz CT molecular complexity index is 693. The van der Waals surface area contributed by atoms with Crippen LogP contribution in [0.15, 0.2) is 11.8 Å². The van der Waals surface area contributed by atoms with Crippen molar-refractivity contribution in [1.29, 1.82) is 0 Å². The molecule has 3 fully saturated rings. The molecular formula is C29H48O2. The first-order valence-corrected chi connectivity index (χ1v) is 13.5. The van der Waals surface area contributed by atoms with Gasteiger partial charge >= 0.3 is 5.97 Å². The van der Waals surface area contributed by atoms with Crippen LogP contribution in [0, 0.1) is 52.3 Å². The van der Waals surface area contributed by atoms with Gasteiger partial charge in [0.2, 0.25) is 0 Å². The molecular weight excluding hydrogens is 380 g/mol. The first kappa shape index (κ1) is 23.4. The molecule has 4 aliphatic carbocycles. The maximum Gasteiger partial charge on any atom is 0.307 e. The van der Waals surface area contributed by atoms with Gasteiger partial charge in [0.15, 0.2) is 0 Å². The van der Waals surface area contributed by atoms with E-state index in [9.17, 15) is 4.79 Å². The van der Waals surface area contributed by atoms with E-state index in [1.54, 1.807) is 0 Å². The molecule has 0 aromatic carbocycles. The Morgan fingerprint density at radius 3 is 2.48 bits per heavy atom. The molecule has 0 saturated heterocycles. The minimum atomic E-state index is -0.156. The fraction of sp³-hybridized carbons (Fsp3) is 0.897. The predicted octanol–water partition coefficient (Wildman–Crippen LogP) is 8.16. The molecule has 3 saturated carbocycles. The highest BCUT2D eigenvalue weighted by Gasteiger charge is 2.60. The molecule has 2 nitrogen and oxygen atoms in total. The maximum absolute atomic E-state index is 11.5. The summed E-state index contributed by atoms with van der Waals surface area (Å²) in [5.74, 6) is 6.91. The Kier molecular flexibility index (Phi) is 6.68. The summed E-state index contributed by atoms with van der Waals surface area (Å²) in [5, 5.41) is 0. The first-order chi connectivity index (χ1) is 14.6. The predicted molar refractivity (Wildman–Crippen MR) is 128 cm³/mol. The van der Waals surface area contributed by atoms with Gasteiger partial charge in [0.1, 0.15) is 5.76 Å². The first-order valence-electron chi connectivity index (χ1n) is 13.5. The van der Waals surface area contributed by atoms with Crippen LogP contribution in [0.25, 0.3) is 0 Å². The van der Waals surface area contributed by atoms with Crippen molar-refractivity contribution in [2.24, 2.45) is 52.3 Å². The molecule has 0 heterocycles. The molecule has 0 bridgehead atoms. The summed E-state index contributed by atoms with van der Waals surface area (Å²) >= 11 is 0. The lowest BCUT2D eigenvalue weighted by Gasteiger charge is -2.60. The van der Waals surface area contributed by atoms with Crippen LogP contribution >= 0.6 is 0 Å². The van der Waals surface area contributed by atoms with Gasteiger partial charge in [-0.15, -0.1) is 0 Å². The number of fused-ring (bicyclic) bond motifs is 5.